The number of allylic oxidation sites excluding steroid dienone is 2. The number of nitrogens with two attached hydrogens (primary N) is 1. The van der Waals surface area contributed by atoms with Gasteiger partial charge in [0.25, 0.3) is 0 Å². The summed E-state index contributed by atoms with van der Waals surface area (Å²) in [6.45, 7) is 4.35. The molecule has 3 aromatic rings. The van der Waals surface area contributed by atoms with E-state index in [-0.39, 0.29) is 11.4 Å². The zero-order valence-electron chi connectivity index (χ0n) is 18.0. The van der Waals surface area contributed by atoms with Crippen LogP contribution in [0.4, 0.5) is 0 Å². The van der Waals surface area contributed by atoms with Gasteiger partial charge < -0.3 is 15.7 Å². The number of aromatic nitrogens is 1. The lowest BCUT2D eigenvalue weighted by molar-refractivity contribution is -0.133. The van der Waals surface area contributed by atoms with Gasteiger partial charge in [-0.25, -0.2) is 4.79 Å². The van der Waals surface area contributed by atoms with E-state index >= 15 is 0 Å². The summed E-state index contributed by atoms with van der Waals surface area (Å²) in [4.78, 5) is 18.7. The van der Waals surface area contributed by atoms with Crippen molar-refractivity contribution in [1.82, 2.24) is 9.88 Å². The predicted molar refractivity (Wildman–Crippen MR) is 124 cm³/mol. The largest absolute Gasteiger partial charge is 0.478 e. The van der Waals surface area contributed by atoms with Gasteiger partial charge in [0.15, 0.2) is 0 Å². The highest BCUT2D eigenvalue weighted by molar-refractivity contribution is 5.95. The summed E-state index contributed by atoms with van der Waals surface area (Å²) in [5, 5.41) is 21.0. The van der Waals surface area contributed by atoms with Crippen LogP contribution >= 0.6 is 0 Å². The van der Waals surface area contributed by atoms with Gasteiger partial charge in [0.05, 0.1) is 28.7 Å². The number of rotatable bonds is 5. The number of hydrogen-bond donors (Lipinski definition) is 2. The molecule has 0 fully saturated rings. The summed E-state index contributed by atoms with van der Waals surface area (Å²) in [5.74, 6) is -1.72. The van der Waals surface area contributed by atoms with E-state index in [0.717, 1.165) is 28.5 Å². The third kappa shape index (κ3) is 3.48. The molecule has 6 heteroatoms. The van der Waals surface area contributed by atoms with Crippen LogP contribution in [0.25, 0.3) is 22.0 Å². The Hall–Kier alpha value is -4.11. The Morgan fingerprint density at radius 1 is 1.19 bits per heavy atom. The molecule has 160 valence electrons. The van der Waals surface area contributed by atoms with Gasteiger partial charge in [-0.2, -0.15) is 5.26 Å². The molecule has 0 bridgehead atoms. The number of carboxylic acids is 1. The van der Waals surface area contributed by atoms with Gasteiger partial charge in [-0.1, -0.05) is 49.4 Å². The number of benzene rings is 2. The van der Waals surface area contributed by atoms with Crippen LogP contribution in [0.15, 0.2) is 83.5 Å². The second-order valence-electron chi connectivity index (χ2n) is 7.80. The molecule has 0 aliphatic carbocycles. The summed E-state index contributed by atoms with van der Waals surface area (Å²) < 4.78 is 0. The van der Waals surface area contributed by atoms with E-state index in [1.54, 1.807) is 11.1 Å². The SMILES string of the molecule is CCCN1C(C)=C(C#N)C(c2cccc3ncc(-c4ccccc4)cc23)C(C(=O)O)=C1N. The zero-order chi connectivity index (χ0) is 22.8. The second-order valence-corrected chi connectivity index (χ2v) is 7.80. The molecule has 1 unspecified atom stereocenters. The lowest BCUT2D eigenvalue weighted by Crippen LogP contribution is -2.37. The van der Waals surface area contributed by atoms with E-state index in [1.807, 2.05) is 68.4 Å². The van der Waals surface area contributed by atoms with Gasteiger partial charge in [0, 0.05) is 29.4 Å². The number of nitrogens with zero attached hydrogens (tertiary/aromatic N) is 3. The summed E-state index contributed by atoms with van der Waals surface area (Å²) in [5.41, 5.74) is 10.8. The van der Waals surface area contributed by atoms with Crippen molar-refractivity contribution >= 4 is 16.9 Å². The van der Waals surface area contributed by atoms with Crippen LogP contribution in [-0.2, 0) is 4.79 Å². The number of carboxylic acid groups (broad SMARTS) is 1. The summed E-state index contributed by atoms with van der Waals surface area (Å²) in [7, 11) is 0. The molecule has 6 nitrogen and oxygen atoms in total. The van der Waals surface area contributed by atoms with E-state index in [4.69, 9.17) is 5.73 Å². The van der Waals surface area contributed by atoms with E-state index in [0.29, 0.717) is 23.4 Å². The molecular weight excluding hydrogens is 400 g/mol. The third-order valence-electron chi connectivity index (χ3n) is 5.91. The number of carbonyl (C=O) groups is 1. The number of nitriles is 1. The molecule has 2 heterocycles. The number of fused-ring (bicyclic) bond motifs is 1. The number of aliphatic carboxylic acids is 1. The Bertz CT molecular complexity index is 1300. The highest BCUT2D eigenvalue weighted by Crippen LogP contribution is 2.43. The van der Waals surface area contributed by atoms with Crippen molar-refractivity contribution in [2.45, 2.75) is 26.2 Å². The van der Waals surface area contributed by atoms with Crippen LogP contribution in [-0.4, -0.2) is 27.5 Å². The normalized spacial score (nSPS) is 16.4. The molecule has 32 heavy (non-hydrogen) atoms. The van der Waals surface area contributed by atoms with E-state index in [1.165, 1.54) is 0 Å². The molecule has 1 aliphatic rings. The van der Waals surface area contributed by atoms with Crippen LogP contribution in [0, 0.1) is 11.3 Å². The zero-order valence-corrected chi connectivity index (χ0v) is 18.0. The maximum atomic E-state index is 12.4. The Kier molecular flexibility index (Phi) is 5.65. The molecule has 0 saturated heterocycles. The van der Waals surface area contributed by atoms with Gasteiger partial charge in [-0.3, -0.25) is 4.98 Å². The van der Waals surface area contributed by atoms with Crippen LogP contribution in [0.2, 0.25) is 0 Å². The first-order valence-corrected chi connectivity index (χ1v) is 10.5. The first kappa shape index (κ1) is 21.1. The third-order valence-corrected chi connectivity index (χ3v) is 5.91. The van der Waals surface area contributed by atoms with Crippen LogP contribution in [0.3, 0.4) is 0 Å². The summed E-state index contributed by atoms with van der Waals surface area (Å²) >= 11 is 0. The van der Waals surface area contributed by atoms with Gasteiger partial charge in [0.2, 0.25) is 0 Å². The maximum Gasteiger partial charge on any atom is 0.336 e. The minimum absolute atomic E-state index is 0.0261. The quantitative estimate of drug-likeness (QED) is 0.612. The fraction of sp³-hybridized carbons (Fsp3) is 0.192. The Balaban J connectivity index is 1.99. The van der Waals surface area contributed by atoms with Crippen molar-refractivity contribution in [3.8, 4) is 17.2 Å². The molecule has 0 amide bonds. The lowest BCUT2D eigenvalue weighted by atomic mass is 9.79. The molecule has 3 N–H and O–H groups in total. The Morgan fingerprint density at radius 2 is 1.94 bits per heavy atom. The Morgan fingerprint density at radius 3 is 2.59 bits per heavy atom. The number of hydrogen-bond acceptors (Lipinski definition) is 5. The highest BCUT2D eigenvalue weighted by atomic mass is 16.4. The Labute approximate surface area is 186 Å². The van der Waals surface area contributed by atoms with Crippen molar-refractivity contribution in [3.05, 3.63) is 89.0 Å². The molecule has 0 spiro atoms. The van der Waals surface area contributed by atoms with Crippen LogP contribution in [0.1, 0.15) is 31.7 Å². The molecular formula is C26H24N4O2. The minimum Gasteiger partial charge on any atom is -0.478 e. The van der Waals surface area contributed by atoms with E-state index in [2.05, 4.69) is 11.1 Å². The van der Waals surface area contributed by atoms with Crippen LogP contribution in [0.5, 0.6) is 0 Å². The van der Waals surface area contributed by atoms with E-state index in [9.17, 15) is 15.2 Å². The highest BCUT2D eigenvalue weighted by Gasteiger charge is 2.37. The van der Waals surface area contributed by atoms with Gasteiger partial charge in [-0.05, 0) is 36.6 Å². The first-order valence-electron chi connectivity index (χ1n) is 10.5. The fourth-order valence-electron chi connectivity index (χ4n) is 4.39. The molecule has 1 atom stereocenters. The molecule has 1 aromatic heterocycles. The monoisotopic (exact) mass is 424 g/mol. The van der Waals surface area contributed by atoms with Gasteiger partial charge in [0.1, 0.15) is 5.82 Å². The molecule has 2 aromatic carbocycles. The average Bonchev–Trinajstić information content (AvgIpc) is 2.81. The van der Waals surface area contributed by atoms with Crippen molar-refractivity contribution < 1.29 is 9.90 Å². The smallest absolute Gasteiger partial charge is 0.336 e. The van der Waals surface area contributed by atoms with Crippen molar-refractivity contribution in [2.24, 2.45) is 5.73 Å². The average molecular weight is 425 g/mol. The molecule has 0 radical (unpaired) electrons. The lowest BCUT2D eigenvalue weighted by Gasteiger charge is -2.35. The van der Waals surface area contributed by atoms with Crippen molar-refractivity contribution in [3.63, 3.8) is 0 Å². The van der Waals surface area contributed by atoms with Crippen LogP contribution < -0.4 is 5.73 Å². The summed E-state index contributed by atoms with van der Waals surface area (Å²) in [6, 6.07) is 19.7. The molecule has 0 saturated carbocycles. The minimum atomic E-state index is -1.13. The predicted octanol–water partition coefficient (Wildman–Crippen LogP) is 4.76. The topological polar surface area (TPSA) is 103 Å². The first-order chi connectivity index (χ1) is 15.5. The van der Waals surface area contributed by atoms with Gasteiger partial charge >= 0.3 is 5.97 Å². The van der Waals surface area contributed by atoms with E-state index < -0.39 is 11.9 Å². The standard InChI is InChI=1S/C26H24N4O2/c1-3-12-30-16(2)21(14-27)23(24(25(30)28)26(31)32)19-10-7-11-22-20(19)13-18(15-29-22)17-8-5-4-6-9-17/h4-11,13,15,23H,3,12,28H2,1-2H3,(H,31,32). The van der Waals surface area contributed by atoms with Gasteiger partial charge in [-0.15, -0.1) is 0 Å². The maximum absolute atomic E-state index is 12.4. The second kappa shape index (κ2) is 8.56. The summed E-state index contributed by atoms with van der Waals surface area (Å²) in [6.07, 6.45) is 2.58. The molecule has 4 rings (SSSR count). The van der Waals surface area contributed by atoms with Crippen molar-refractivity contribution in [1.29, 1.82) is 5.26 Å². The van der Waals surface area contributed by atoms with Crippen molar-refractivity contribution in [2.75, 3.05) is 6.54 Å². The number of pyridine rings is 1. The fourth-order valence-corrected chi connectivity index (χ4v) is 4.39. The molecule has 1 aliphatic heterocycles.